The van der Waals surface area contributed by atoms with Gasteiger partial charge in [0.15, 0.2) is 0 Å². The summed E-state index contributed by atoms with van der Waals surface area (Å²) < 4.78 is 0. The van der Waals surface area contributed by atoms with Gasteiger partial charge in [-0.2, -0.15) is 0 Å². The van der Waals surface area contributed by atoms with Crippen LogP contribution in [0.1, 0.15) is 44.8 Å². The summed E-state index contributed by atoms with van der Waals surface area (Å²) >= 11 is 6.23. The summed E-state index contributed by atoms with van der Waals surface area (Å²) in [5, 5.41) is 0.700. The molecule has 0 amide bonds. The van der Waals surface area contributed by atoms with Crippen molar-refractivity contribution in [3.8, 4) is 0 Å². The standard InChI is InChI=1S/C14H22ClN3/c1-9-6-10(2)8-11(7-9)13(18-16)14-12(15)4-3-5-17-14/h3-5,9-11,13,18H,6-8,16H2,1-2H3. The van der Waals surface area contributed by atoms with E-state index in [9.17, 15) is 0 Å². The van der Waals surface area contributed by atoms with Crippen molar-refractivity contribution >= 4 is 11.6 Å². The smallest absolute Gasteiger partial charge is 0.0775 e. The van der Waals surface area contributed by atoms with Crippen LogP contribution in [0.25, 0.3) is 0 Å². The minimum absolute atomic E-state index is 0.0592. The zero-order valence-corrected chi connectivity index (χ0v) is 11.8. The van der Waals surface area contributed by atoms with Crippen LogP contribution in [0, 0.1) is 17.8 Å². The summed E-state index contributed by atoms with van der Waals surface area (Å²) in [5.41, 5.74) is 3.81. The molecule has 3 unspecified atom stereocenters. The fourth-order valence-electron chi connectivity index (χ4n) is 3.35. The van der Waals surface area contributed by atoms with E-state index >= 15 is 0 Å². The van der Waals surface area contributed by atoms with Gasteiger partial charge in [0, 0.05) is 6.20 Å². The maximum absolute atomic E-state index is 6.23. The Labute approximate surface area is 114 Å². The Morgan fingerprint density at radius 2 is 2.00 bits per heavy atom. The number of pyridine rings is 1. The lowest BCUT2D eigenvalue weighted by atomic mass is 9.73. The van der Waals surface area contributed by atoms with E-state index in [0.717, 1.165) is 17.5 Å². The molecule has 1 aromatic heterocycles. The van der Waals surface area contributed by atoms with Crippen LogP contribution in [0.2, 0.25) is 5.02 Å². The average Bonchev–Trinajstić information content (AvgIpc) is 2.31. The van der Waals surface area contributed by atoms with Crippen LogP contribution in [-0.2, 0) is 0 Å². The van der Waals surface area contributed by atoms with E-state index in [-0.39, 0.29) is 6.04 Å². The number of nitrogens with one attached hydrogen (secondary N) is 1. The Bertz CT molecular complexity index is 386. The third kappa shape index (κ3) is 3.02. The number of halogens is 1. The van der Waals surface area contributed by atoms with Crippen LogP contribution in [0.5, 0.6) is 0 Å². The van der Waals surface area contributed by atoms with Gasteiger partial charge in [-0.15, -0.1) is 0 Å². The van der Waals surface area contributed by atoms with Crippen LogP contribution >= 0.6 is 11.6 Å². The van der Waals surface area contributed by atoms with Crippen LogP contribution in [0.3, 0.4) is 0 Å². The van der Waals surface area contributed by atoms with Gasteiger partial charge in [-0.3, -0.25) is 16.3 Å². The Hall–Kier alpha value is -0.640. The van der Waals surface area contributed by atoms with Crippen LogP contribution in [0.15, 0.2) is 18.3 Å². The van der Waals surface area contributed by atoms with Crippen LogP contribution < -0.4 is 11.3 Å². The van der Waals surface area contributed by atoms with Gasteiger partial charge in [0.2, 0.25) is 0 Å². The van der Waals surface area contributed by atoms with Crippen molar-refractivity contribution in [1.82, 2.24) is 10.4 Å². The Morgan fingerprint density at radius 1 is 1.33 bits per heavy atom. The summed E-state index contributed by atoms with van der Waals surface area (Å²) in [5.74, 6) is 7.76. The van der Waals surface area contributed by atoms with E-state index in [1.807, 2.05) is 12.1 Å². The van der Waals surface area contributed by atoms with Gasteiger partial charge in [-0.05, 0) is 49.1 Å². The Kier molecular flexibility index (Phi) is 4.60. The molecular formula is C14H22ClN3. The van der Waals surface area contributed by atoms with Crippen molar-refractivity contribution in [2.75, 3.05) is 0 Å². The monoisotopic (exact) mass is 267 g/mol. The molecule has 3 N–H and O–H groups in total. The van der Waals surface area contributed by atoms with Crippen molar-refractivity contribution in [1.29, 1.82) is 0 Å². The predicted molar refractivity (Wildman–Crippen MR) is 75.0 cm³/mol. The minimum Gasteiger partial charge on any atom is -0.271 e. The molecule has 0 aromatic carbocycles. The molecule has 0 saturated heterocycles. The molecule has 3 nitrogen and oxygen atoms in total. The van der Waals surface area contributed by atoms with Crippen molar-refractivity contribution in [2.45, 2.75) is 39.2 Å². The van der Waals surface area contributed by atoms with E-state index in [1.54, 1.807) is 6.20 Å². The highest BCUT2D eigenvalue weighted by Crippen LogP contribution is 2.40. The number of nitrogens with zero attached hydrogens (tertiary/aromatic N) is 1. The molecule has 0 aliphatic heterocycles. The fraction of sp³-hybridized carbons (Fsp3) is 0.643. The van der Waals surface area contributed by atoms with E-state index in [0.29, 0.717) is 10.9 Å². The molecular weight excluding hydrogens is 246 g/mol. The first-order valence-corrected chi connectivity index (χ1v) is 7.06. The molecule has 3 atom stereocenters. The maximum atomic E-state index is 6.23. The first kappa shape index (κ1) is 13.8. The molecule has 0 spiro atoms. The highest BCUT2D eigenvalue weighted by atomic mass is 35.5. The summed E-state index contributed by atoms with van der Waals surface area (Å²) in [4.78, 5) is 4.40. The van der Waals surface area contributed by atoms with Gasteiger partial charge in [-0.25, -0.2) is 0 Å². The third-order valence-corrected chi connectivity index (χ3v) is 4.27. The van der Waals surface area contributed by atoms with Crippen molar-refractivity contribution in [2.24, 2.45) is 23.6 Å². The number of rotatable bonds is 3. The zero-order valence-electron chi connectivity index (χ0n) is 11.1. The maximum Gasteiger partial charge on any atom is 0.0775 e. The zero-order chi connectivity index (χ0) is 13.1. The molecule has 18 heavy (non-hydrogen) atoms. The Morgan fingerprint density at radius 3 is 2.56 bits per heavy atom. The molecule has 1 saturated carbocycles. The quantitative estimate of drug-likeness (QED) is 0.653. The molecule has 2 rings (SSSR count). The average molecular weight is 268 g/mol. The SMILES string of the molecule is CC1CC(C)CC(C(NN)c2ncccc2Cl)C1. The highest BCUT2D eigenvalue weighted by molar-refractivity contribution is 6.31. The molecule has 1 fully saturated rings. The van der Waals surface area contributed by atoms with E-state index in [1.165, 1.54) is 19.3 Å². The summed E-state index contributed by atoms with van der Waals surface area (Å²) in [7, 11) is 0. The second-order valence-corrected chi connectivity index (χ2v) is 6.10. The summed E-state index contributed by atoms with van der Waals surface area (Å²) in [6.45, 7) is 4.63. The number of hydrogen-bond donors (Lipinski definition) is 2. The largest absolute Gasteiger partial charge is 0.271 e. The van der Waals surface area contributed by atoms with Gasteiger partial charge in [0.1, 0.15) is 0 Å². The lowest BCUT2D eigenvalue weighted by molar-refractivity contribution is 0.175. The second-order valence-electron chi connectivity index (χ2n) is 5.69. The lowest BCUT2D eigenvalue weighted by Gasteiger charge is -2.36. The minimum atomic E-state index is 0.0592. The lowest BCUT2D eigenvalue weighted by Crippen LogP contribution is -2.37. The van der Waals surface area contributed by atoms with Gasteiger partial charge in [-0.1, -0.05) is 25.4 Å². The van der Waals surface area contributed by atoms with Gasteiger partial charge >= 0.3 is 0 Å². The van der Waals surface area contributed by atoms with E-state index in [2.05, 4.69) is 24.3 Å². The molecule has 1 heterocycles. The first-order chi connectivity index (χ1) is 8.61. The highest BCUT2D eigenvalue weighted by Gasteiger charge is 2.31. The molecule has 0 bridgehead atoms. The molecule has 100 valence electrons. The third-order valence-electron chi connectivity index (χ3n) is 3.95. The number of aromatic nitrogens is 1. The van der Waals surface area contributed by atoms with Gasteiger partial charge in [0.05, 0.1) is 16.8 Å². The second kappa shape index (κ2) is 6.00. The topological polar surface area (TPSA) is 50.9 Å². The fourth-order valence-corrected chi connectivity index (χ4v) is 3.59. The molecule has 1 aromatic rings. The molecule has 1 aliphatic rings. The van der Waals surface area contributed by atoms with Gasteiger partial charge < -0.3 is 0 Å². The van der Waals surface area contributed by atoms with E-state index < -0.39 is 0 Å². The van der Waals surface area contributed by atoms with Crippen LogP contribution in [-0.4, -0.2) is 4.98 Å². The van der Waals surface area contributed by atoms with Crippen molar-refractivity contribution < 1.29 is 0 Å². The first-order valence-electron chi connectivity index (χ1n) is 6.68. The van der Waals surface area contributed by atoms with Crippen LogP contribution in [0.4, 0.5) is 0 Å². The van der Waals surface area contributed by atoms with Crippen molar-refractivity contribution in [3.63, 3.8) is 0 Å². The number of hydrazine groups is 1. The summed E-state index contributed by atoms with van der Waals surface area (Å²) in [6.07, 6.45) is 5.46. The molecule has 1 aliphatic carbocycles. The normalized spacial score (nSPS) is 30.1. The predicted octanol–water partition coefficient (Wildman–Crippen LogP) is 3.31. The van der Waals surface area contributed by atoms with E-state index in [4.69, 9.17) is 17.4 Å². The van der Waals surface area contributed by atoms with Gasteiger partial charge in [0.25, 0.3) is 0 Å². The molecule has 4 heteroatoms. The number of nitrogens with two attached hydrogens (primary N) is 1. The Balaban J connectivity index is 2.20. The number of hydrogen-bond acceptors (Lipinski definition) is 3. The van der Waals surface area contributed by atoms with Crippen molar-refractivity contribution in [3.05, 3.63) is 29.0 Å². The summed E-state index contributed by atoms with van der Waals surface area (Å²) in [6, 6.07) is 3.79. The molecule has 0 radical (unpaired) electrons.